The number of nitrogens with zero attached hydrogens (tertiary/aromatic N) is 1. The number of hydrogen-bond acceptors (Lipinski definition) is 0. The second-order valence-electron chi connectivity index (χ2n) is 4.91. The van der Waals surface area contributed by atoms with Crippen molar-refractivity contribution in [2.45, 2.75) is 26.7 Å². The van der Waals surface area contributed by atoms with Gasteiger partial charge in [-0.15, -0.1) is 0 Å². The summed E-state index contributed by atoms with van der Waals surface area (Å²) >= 11 is 0. The largest absolute Gasteiger partial charge is 0.328 e. The van der Waals surface area contributed by atoms with Gasteiger partial charge < -0.3 is 4.48 Å². The fourth-order valence-corrected chi connectivity index (χ4v) is 1.79. The normalized spacial score (nSPS) is 38.2. The highest BCUT2D eigenvalue weighted by atomic mass is 15.3. The highest BCUT2D eigenvalue weighted by Crippen LogP contribution is 2.24. The molecule has 0 radical (unpaired) electrons. The highest BCUT2D eigenvalue weighted by Gasteiger charge is 2.25. The van der Waals surface area contributed by atoms with Crippen LogP contribution in [0.2, 0.25) is 0 Å². The minimum absolute atomic E-state index is 0.940. The van der Waals surface area contributed by atoms with E-state index in [1.165, 1.54) is 30.4 Å². The average molecular weight is 156 g/mol. The minimum Gasteiger partial charge on any atom is -0.328 e. The molecule has 1 rings (SSSR count). The Morgan fingerprint density at radius 1 is 0.909 bits per heavy atom. The lowest BCUT2D eigenvalue weighted by molar-refractivity contribution is -0.889. The van der Waals surface area contributed by atoms with E-state index in [4.69, 9.17) is 0 Å². The Labute approximate surface area is 71.0 Å². The third-order valence-corrected chi connectivity index (χ3v) is 3.35. The number of hydrogen-bond donors (Lipinski definition) is 0. The molecule has 11 heavy (non-hydrogen) atoms. The quantitative estimate of drug-likeness (QED) is 0.471. The molecule has 0 aromatic heterocycles. The van der Waals surface area contributed by atoms with Crippen LogP contribution < -0.4 is 0 Å². The predicted molar refractivity (Wildman–Crippen MR) is 49.4 cm³/mol. The van der Waals surface area contributed by atoms with Crippen molar-refractivity contribution in [1.82, 2.24) is 0 Å². The Hall–Kier alpha value is -0.0400. The zero-order valence-electron chi connectivity index (χ0n) is 8.43. The molecule has 1 nitrogen and oxygen atoms in total. The molecule has 2 atom stereocenters. The molecule has 1 fully saturated rings. The lowest BCUT2D eigenvalue weighted by atomic mass is 9.92. The van der Waals surface area contributed by atoms with Crippen molar-refractivity contribution in [3.8, 4) is 0 Å². The van der Waals surface area contributed by atoms with Crippen LogP contribution in [0.25, 0.3) is 0 Å². The molecule has 1 aliphatic rings. The molecule has 1 saturated heterocycles. The monoisotopic (exact) mass is 156 g/mol. The van der Waals surface area contributed by atoms with E-state index in [1.54, 1.807) is 0 Å². The maximum Gasteiger partial charge on any atom is 0.0785 e. The van der Waals surface area contributed by atoms with Crippen molar-refractivity contribution < 1.29 is 4.48 Å². The average Bonchev–Trinajstić information content (AvgIpc) is 2.03. The first-order valence-corrected chi connectivity index (χ1v) is 4.83. The van der Waals surface area contributed by atoms with Gasteiger partial charge in [-0.2, -0.15) is 0 Å². The van der Waals surface area contributed by atoms with Gasteiger partial charge in [0.1, 0.15) is 0 Å². The Balaban J connectivity index is 2.51. The van der Waals surface area contributed by atoms with Crippen LogP contribution in [0.1, 0.15) is 26.7 Å². The highest BCUT2D eigenvalue weighted by molar-refractivity contribution is 4.64. The smallest absolute Gasteiger partial charge is 0.0785 e. The fourth-order valence-electron chi connectivity index (χ4n) is 1.79. The van der Waals surface area contributed by atoms with Gasteiger partial charge in [-0.3, -0.25) is 0 Å². The van der Waals surface area contributed by atoms with E-state index < -0.39 is 0 Å². The Kier molecular flexibility index (Phi) is 2.58. The molecule has 0 amide bonds. The molecule has 0 aromatic rings. The predicted octanol–water partition coefficient (Wildman–Crippen LogP) is 2.13. The van der Waals surface area contributed by atoms with E-state index in [-0.39, 0.29) is 0 Å². The second kappa shape index (κ2) is 3.14. The van der Waals surface area contributed by atoms with Crippen molar-refractivity contribution in [1.29, 1.82) is 0 Å². The molecule has 0 aliphatic carbocycles. The molecule has 1 aliphatic heterocycles. The third kappa shape index (κ3) is 2.48. The Morgan fingerprint density at radius 2 is 1.27 bits per heavy atom. The summed E-state index contributed by atoms with van der Waals surface area (Å²) in [7, 11) is 4.70. The summed E-state index contributed by atoms with van der Waals surface area (Å²) < 4.78 is 1.23. The molecule has 0 bridgehead atoms. The van der Waals surface area contributed by atoms with Crippen molar-refractivity contribution in [2.75, 3.05) is 27.2 Å². The number of rotatable bonds is 0. The summed E-state index contributed by atoms with van der Waals surface area (Å²) in [6, 6.07) is 0. The van der Waals surface area contributed by atoms with Crippen LogP contribution in [-0.2, 0) is 0 Å². The van der Waals surface area contributed by atoms with Gasteiger partial charge in [-0.25, -0.2) is 0 Å². The summed E-state index contributed by atoms with van der Waals surface area (Å²) in [5.74, 6) is 1.88. The summed E-state index contributed by atoms with van der Waals surface area (Å²) in [5.41, 5.74) is 0. The van der Waals surface area contributed by atoms with Gasteiger partial charge in [0.2, 0.25) is 0 Å². The summed E-state index contributed by atoms with van der Waals surface area (Å²) in [6.45, 7) is 7.53. The molecule has 0 unspecified atom stereocenters. The molecule has 1 heteroatoms. The molecule has 0 N–H and O–H groups in total. The van der Waals surface area contributed by atoms with Gasteiger partial charge in [-0.1, -0.05) is 13.8 Å². The third-order valence-electron chi connectivity index (χ3n) is 3.35. The van der Waals surface area contributed by atoms with Crippen LogP contribution in [0, 0.1) is 11.8 Å². The lowest BCUT2D eigenvalue weighted by Crippen LogP contribution is -2.40. The summed E-state index contributed by atoms with van der Waals surface area (Å²) in [4.78, 5) is 0. The van der Waals surface area contributed by atoms with E-state index in [1.807, 2.05) is 0 Å². The van der Waals surface area contributed by atoms with Crippen LogP contribution in [-0.4, -0.2) is 31.7 Å². The van der Waals surface area contributed by atoms with E-state index >= 15 is 0 Å². The molecule has 66 valence electrons. The van der Waals surface area contributed by atoms with Crippen LogP contribution in [0.3, 0.4) is 0 Å². The van der Waals surface area contributed by atoms with Gasteiger partial charge in [-0.05, 0) is 24.7 Å². The minimum atomic E-state index is 0.940. The SMILES string of the molecule is C[C@H]1CC[N+](C)(C)CC[C@@H]1C. The van der Waals surface area contributed by atoms with E-state index in [9.17, 15) is 0 Å². The standard InChI is InChI=1S/C10H22N/c1-9-5-7-11(3,4)8-6-10(9)2/h9-10H,5-8H2,1-4H3/q+1/t9-,10-/m0/s1. The molecule has 1 heterocycles. The number of likely N-dealkylation sites (tertiary alicyclic amines) is 1. The zero-order valence-corrected chi connectivity index (χ0v) is 8.43. The maximum atomic E-state index is 2.40. The first kappa shape index (κ1) is 9.05. The molecular formula is C10H22N+. The van der Waals surface area contributed by atoms with E-state index in [2.05, 4.69) is 27.9 Å². The molecule has 0 saturated carbocycles. The molecule has 0 aromatic carbocycles. The van der Waals surface area contributed by atoms with Gasteiger partial charge in [0, 0.05) is 0 Å². The summed E-state index contributed by atoms with van der Waals surface area (Å²) in [6.07, 6.45) is 2.82. The first-order chi connectivity index (χ1) is 5.01. The van der Waals surface area contributed by atoms with Crippen molar-refractivity contribution >= 4 is 0 Å². The molecule has 0 spiro atoms. The zero-order chi connectivity index (χ0) is 8.48. The van der Waals surface area contributed by atoms with Crippen molar-refractivity contribution in [2.24, 2.45) is 11.8 Å². The van der Waals surface area contributed by atoms with Gasteiger partial charge in [0.05, 0.1) is 27.2 Å². The Morgan fingerprint density at radius 3 is 1.64 bits per heavy atom. The lowest BCUT2D eigenvalue weighted by Gasteiger charge is -2.27. The van der Waals surface area contributed by atoms with Crippen LogP contribution in [0.5, 0.6) is 0 Å². The van der Waals surface area contributed by atoms with Crippen LogP contribution in [0.15, 0.2) is 0 Å². The summed E-state index contributed by atoms with van der Waals surface area (Å²) in [5, 5.41) is 0. The van der Waals surface area contributed by atoms with Gasteiger partial charge in [0.25, 0.3) is 0 Å². The number of quaternary nitrogens is 1. The molecular weight excluding hydrogens is 134 g/mol. The van der Waals surface area contributed by atoms with Crippen LogP contribution >= 0.6 is 0 Å². The van der Waals surface area contributed by atoms with E-state index in [0.29, 0.717) is 0 Å². The van der Waals surface area contributed by atoms with Crippen LogP contribution in [0.4, 0.5) is 0 Å². The van der Waals surface area contributed by atoms with Crippen molar-refractivity contribution in [3.05, 3.63) is 0 Å². The Bertz CT molecular complexity index is 115. The van der Waals surface area contributed by atoms with Crippen molar-refractivity contribution in [3.63, 3.8) is 0 Å². The first-order valence-electron chi connectivity index (χ1n) is 4.83. The van der Waals surface area contributed by atoms with Gasteiger partial charge >= 0.3 is 0 Å². The fraction of sp³-hybridized carbons (Fsp3) is 1.00. The second-order valence-corrected chi connectivity index (χ2v) is 4.91. The maximum absolute atomic E-state index is 2.40. The topological polar surface area (TPSA) is 0 Å². The van der Waals surface area contributed by atoms with Gasteiger partial charge in [0.15, 0.2) is 0 Å². The van der Waals surface area contributed by atoms with E-state index in [0.717, 1.165) is 11.8 Å².